The van der Waals surface area contributed by atoms with E-state index in [4.69, 9.17) is 28.4 Å². The van der Waals surface area contributed by atoms with Crippen LogP contribution < -0.4 is 9.47 Å². The van der Waals surface area contributed by atoms with Crippen molar-refractivity contribution in [2.24, 2.45) is 5.92 Å². The van der Waals surface area contributed by atoms with Gasteiger partial charge in [0.1, 0.15) is 55.4 Å². The molecule has 34 heavy (non-hydrogen) atoms. The van der Waals surface area contributed by atoms with Crippen LogP contribution in [0, 0.1) is 5.92 Å². The molecule has 0 aromatic heterocycles. The summed E-state index contributed by atoms with van der Waals surface area (Å²) in [6.45, 7) is 4.26. The van der Waals surface area contributed by atoms with Crippen LogP contribution in [0.3, 0.4) is 0 Å². The van der Waals surface area contributed by atoms with Crippen molar-refractivity contribution in [3.8, 4) is 11.5 Å². The van der Waals surface area contributed by atoms with Crippen LogP contribution in [-0.4, -0.2) is 58.0 Å². The maximum atomic E-state index is 5.88. The zero-order valence-corrected chi connectivity index (χ0v) is 19.1. The quantitative estimate of drug-likeness (QED) is 0.440. The normalized spacial score (nSPS) is 27.5. The van der Waals surface area contributed by atoms with E-state index >= 15 is 0 Å². The molecule has 2 aromatic rings. The largest absolute Gasteiger partial charge is 0.491 e. The summed E-state index contributed by atoms with van der Waals surface area (Å²) in [6.07, 6.45) is 8.25. The van der Waals surface area contributed by atoms with E-state index in [1.165, 1.54) is 11.1 Å². The molecule has 0 bridgehead atoms. The van der Waals surface area contributed by atoms with Gasteiger partial charge in [0.25, 0.3) is 0 Å². The molecule has 0 amide bonds. The summed E-state index contributed by atoms with van der Waals surface area (Å²) >= 11 is 0. The first-order valence-electron chi connectivity index (χ1n) is 12.1. The van der Waals surface area contributed by atoms with E-state index < -0.39 is 0 Å². The highest BCUT2D eigenvalue weighted by Crippen LogP contribution is 2.38. The number of hydrogen-bond donors (Lipinski definition) is 0. The third-order valence-electron chi connectivity index (χ3n) is 6.52. The monoisotopic (exact) mass is 462 g/mol. The highest BCUT2D eigenvalue weighted by atomic mass is 16.6. The van der Waals surface area contributed by atoms with Gasteiger partial charge >= 0.3 is 0 Å². The van der Waals surface area contributed by atoms with E-state index in [0.29, 0.717) is 25.7 Å². The topological polar surface area (TPSA) is 65.3 Å². The lowest BCUT2D eigenvalue weighted by Gasteiger charge is -2.27. The minimum absolute atomic E-state index is 0.211. The summed E-state index contributed by atoms with van der Waals surface area (Å²) in [6, 6.07) is 16.9. The van der Waals surface area contributed by atoms with Gasteiger partial charge in [-0.1, -0.05) is 30.3 Å². The van der Waals surface area contributed by atoms with Crippen molar-refractivity contribution in [3.63, 3.8) is 0 Å². The Bertz CT molecular complexity index is 956. The molecule has 0 spiro atoms. The Morgan fingerprint density at radius 2 is 1.15 bits per heavy atom. The van der Waals surface area contributed by atoms with Crippen molar-refractivity contribution in [2.75, 3.05) is 39.6 Å². The molecule has 6 rings (SSSR count). The van der Waals surface area contributed by atoms with Gasteiger partial charge in [0, 0.05) is 5.92 Å². The molecule has 6 heteroatoms. The van der Waals surface area contributed by atoms with Gasteiger partial charge in [-0.05, 0) is 59.9 Å². The summed E-state index contributed by atoms with van der Waals surface area (Å²) in [4.78, 5) is 0. The van der Waals surface area contributed by atoms with Crippen molar-refractivity contribution >= 4 is 0 Å². The molecule has 0 saturated carbocycles. The Morgan fingerprint density at radius 1 is 0.676 bits per heavy atom. The Morgan fingerprint density at radius 3 is 1.56 bits per heavy atom. The molecule has 3 aliphatic heterocycles. The van der Waals surface area contributed by atoms with E-state index in [9.17, 15) is 0 Å². The molecule has 2 aromatic carbocycles. The molecule has 4 unspecified atom stereocenters. The number of rotatable bonds is 12. The molecular formula is C28H30O6. The first kappa shape index (κ1) is 21.7. The molecule has 1 aliphatic carbocycles. The number of epoxide rings is 3. The smallest absolute Gasteiger partial charge is 0.119 e. The zero-order valence-electron chi connectivity index (χ0n) is 19.1. The molecule has 4 atom stereocenters. The lowest BCUT2D eigenvalue weighted by molar-refractivity contribution is 0.190. The van der Waals surface area contributed by atoms with Crippen LogP contribution in [0.15, 0.2) is 72.5 Å². The van der Waals surface area contributed by atoms with E-state index in [1.807, 2.05) is 0 Å². The minimum Gasteiger partial charge on any atom is -0.491 e. The van der Waals surface area contributed by atoms with Gasteiger partial charge in [-0.2, -0.15) is 0 Å². The second kappa shape index (κ2) is 9.82. The predicted molar refractivity (Wildman–Crippen MR) is 126 cm³/mol. The van der Waals surface area contributed by atoms with Gasteiger partial charge < -0.3 is 28.4 Å². The molecule has 3 saturated heterocycles. The Labute approximate surface area is 200 Å². The number of hydrogen-bond acceptors (Lipinski definition) is 6. The molecule has 4 aliphatic rings. The van der Waals surface area contributed by atoms with E-state index in [-0.39, 0.29) is 24.2 Å². The van der Waals surface area contributed by atoms with Gasteiger partial charge in [0.15, 0.2) is 0 Å². The fourth-order valence-corrected chi connectivity index (χ4v) is 4.26. The lowest BCUT2D eigenvalue weighted by Crippen LogP contribution is -2.15. The fraction of sp³-hybridized carbons (Fsp3) is 0.429. The molecule has 6 nitrogen and oxygen atoms in total. The van der Waals surface area contributed by atoms with Crippen LogP contribution >= 0.6 is 0 Å². The van der Waals surface area contributed by atoms with Crippen molar-refractivity contribution < 1.29 is 28.4 Å². The minimum atomic E-state index is 0.211. The van der Waals surface area contributed by atoms with E-state index in [0.717, 1.165) is 43.5 Å². The van der Waals surface area contributed by atoms with Gasteiger partial charge in [-0.15, -0.1) is 0 Å². The molecule has 3 fully saturated rings. The summed E-state index contributed by atoms with van der Waals surface area (Å²) in [5.74, 6) is 3.22. The van der Waals surface area contributed by atoms with Gasteiger partial charge in [-0.3, -0.25) is 0 Å². The molecule has 178 valence electrons. The average molecular weight is 463 g/mol. The fourth-order valence-electron chi connectivity index (χ4n) is 4.26. The maximum absolute atomic E-state index is 5.88. The maximum Gasteiger partial charge on any atom is 0.119 e. The first-order valence-corrected chi connectivity index (χ1v) is 12.1. The van der Waals surface area contributed by atoms with Crippen LogP contribution in [-0.2, 0) is 18.9 Å². The van der Waals surface area contributed by atoms with Crippen LogP contribution in [0.4, 0.5) is 0 Å². The average Bonchev–Trinajstić information content (AvgIpc) is 3.73. The summed E-state index contributed by atoms with van der Waals surface area (Å²) in [5.41, 5.74) is 2.52. The van der Waals surface area contributed by atoms with Crippen LogP contribution in [0.2, 0.25) is 0 Å². The van der Waals surface area contributed by atoms with Gasteiger partial charge in [0.2, 0.25) is 0 Å². The molecular weight excluding hydrogens is 432 g/mol. The highest BCUT2D eigenvalue weighted by molar-refractivity contribution is 5.41. The molecule has 0 radical (unpaired) electrons. The lowest BCUT2D eigenvalue weighted by atomic mass is 9.77. The third kappa shape index (κ3) is 5.81. The Balaban J connectivity index is 1.18. The van der Waals surface area contributed by atoms with Crippen molar-refractivity contribution in [2.45, 2.75) is 30.7 Å². The third-order valence-corrected chi connectivity index (χ3v) is 6.52. The molecule has 0 N–H and O–H groups in total. The Hall–Kier alpha value is -2.80. The van der Waals surface area contributed by atoms with Crippen LogP contribution in [0.25, 0.3) is 0 Å². The first-order chi connectivity index (χ1) is 16.8. The van der Waals surface area contributed by atoms with Crippen LogP contribution in [0.5, 0.6) is 11.5 Å². The van der Waals surface area contributed by atoms with Crippen LogP contribution in [0.1, 0.15) is 23.5 Å². The molecule has 3 heterocycles. The zero-order chi connectivity index (χ0) is 22.7. The van der Waals surface area contributed by atoms with Crippen molar-refractivity contribution in [3.05, 3.63) is 83.6 Å². The van der Waals surface area contributed by atoms with Crippen molar-refractivity contribution in [1.29, 1.82) is 0 Å². The number of allylic oxidation sites excluding steroid dienone is 3. The standard InChI is InChI=1S/C28H30O6/c1-7-22(29-13-25-16-32-25)8-2-19(1)28(20-3-9-23(10-4-20)30-14-26-17-33-26)21-5-11-24(12-6-21)31-15-27-18-34-27/h1-5,7-12,21,25-28H,6,13-18H2. The SMILES string of the molecule is C1=CC(C(c2ccc(OCC3CO3)cc2)c2ccc(OCC3CO3)cc2)CC=C1OCC1CO1. The summed E-state index contributed by atoms with van der Waals surface area (Å²) in [7, 11) is 0. The second-order valence-electron chi connectivity index (χ2n) is 9.28. The predicted octanol–water partition coefficient (Wildman–Crippen LogP) is 4.25. The summed E-state index contributed by atoms with van der Waals surface area (Å²) in [5, 5.41) is 0. The van der Waals surface area contributed by atoms with Gasteiger partial charge in [-0.25, -0.2) is 0 Å². The Kier molecular flexibility index (Phi) is 6.27. The van der Waals surface area contributed by atoms with Crippen molar-refractivity contribution in [1.82, 2.24) is 0 Å². The van der Waals surface area contributed by atoms with Gasteiger partial charge in [0.05, 0.1) is 19.8 Å². The van der Waals surface area contributed by atoms with E-state index in [1.54, 1.807) is 0 Å². The second-order valence-corrected chi connectivity index (χ2v) is 9.28. The number of ether oxygens (including phenoxy) is 6. The highest BCUT2D eigenvalue weighted by Gasteiger charge is 2.27. The van der Waals surface area contributed by atoms with E-state index in [2.05, 4.69) is 66.8 Å². The summed E-state index contributed by atoms with van der Waals surface area (Å²) < 4.78 is 33.3. The number of benzene rings is 2.